The van der Waals surface area contributed by atoms with Crippen molar-refractivity contribution in [3.8, 4) is 11.4 Å². The zero-order valence-electron chi connectivity index (χ0n) is 13.6. The van der Waals surface area contributed by atoms with Gasteiger partial charge in [-0.05, 0) is 19.4 Å². The number of H-pyrrole nitrogens is 1. The molecule has 0 spiro atoms. The van der Waals surface area contributed by atoms with Crippen LogP contribution < -0.4 is 0 Å². The molecule has 0 saturated carbocycles. The molecule has 0 amide bonds. The minimum atomic E-state index is 0.358. The van der Waals surface area contributed by atoms with Crippen molar-refractivity contribution in [1.29, 1.82) is 0 Å². The summed E-state index contributed by atoms with van der Waals surface area (Å²) in [5.41, 5.74) is 1.04. The number of nitrogens with one attached hydrogen (secondary N) is 1. The highest BCUT2D eigenvalue weighted by Gasteiger charge is 2.25. The van der Waals surface area contributed by atoms with Crippen molar-refractivity contribution in [3.63, 3.8) is 0 Å². The van der Waals surface area contributed by atoms with Crippen LogP contribution in [0.4, 0.5) is 0 Å². The van der Waals surface area contributed by atoms with E-state index in [1.165, 1.54) is 0 Å². The maximum atomic E-state index is 5.05. The van der Waals surface area contributed by atoms with Crippen molar-refractivity contribution in [1.82, 2.24) is 30.2 Å². The summed E-state index contributed by atoms with van der Waals surface area (Å²) in [7, 11) is 0. The highest BCUT2D eigenvalue weighted by molar-refractivity contribution is 5.53. The van der Waals surface area contributed by atoms with Gasteiger partial charge in [0.1, 0.15) is 5.82 Å². The Morgan fingerprint density at radius 3 is 2.92 bits per heavy atom. The molecule has 4 rings (SSSR count). The third kappa shape index (κ3) is 3.21. The molecule has 124 valence electrons. The standard InChI is InChI=1S/C17H20N6O/c1-12-18-15(22-24-12)11-23-9-5-8-14(10-23)17-19-16(20-21-17)13-6-3-2-4-7-13/h2-4,6-7,14H,5,8-11H2,1H3,(H,19,20,21)/t14-/m1/s1. The lowest BCUT2D eigenvalue weighted by atomic mass is 9.97. The molecule has 1 saturated heterocycles. The fourth-order valence-electron chi connectivity index (χ4n) is 3.20. The number of aryl methyl sites for hydroxylation is 1. The fourth-order valence-corrected chi connectivity index (χ4v) is 3.20. The summed E-state index contributed by atoms with van der Waals surface area (Å²) in [5.74, 6) is 3.44. The molecule has 0 radical (unpaired) electrons. The number of aromatic amines is 1. The van der Waals surface area contributed by atoms with E-state index in [4.69, 9.17) is 9.51 Å². The summed E-state index contributed by atoms with van der Waals surface area (Å²) in [6.45, 7) is 4.50. The molecule has 1 N–H and O–H groups in total. The second-order valence-corrected chi connectivity index (χ2v) is 6.21. The van der Waals surface area contributed by atoms with E-state index in [0.29, 0.717) is 18.4 Å². The lowest BCUT2D eigenvalue weighted by Crippen LogP contribution is -2.34. The lowest BCUT2D eigenvalue weighted by Gasteiger charge is -2.30. The Morgan fingerprint density at radius 1 is 1.25 bits per heavy atom. The van der Waals surface area contributed by atoms with Crippen LogP contribution in [0.15, 0.2) is 34.9 Å². The predicted molar refractivity (Wildman–Crippen MR) is 88.1 cm³/mol. The molecular formula is C17H20N6O. The van der Waals surface area contributed by atoms with Gasteiger partial charge in [0.2, 0.25) is 5.89 Å². The zero-order chi connectivity index (χ0) is 16.4. The molecule has 0 bridgehead atoms. The van der Waals surface area contributed by atoms with Crippen LogP contribution in [0.5, 0.6) is 0 Å². The average molecular weight is 324 g/mol. The Morgan fingerprint density at radius 2 is 2.12 bits per heavy atom. The van der Waals surface area contributed by atoms with E-state index < -0.39 is 0 Å². The Labute approximate surface area is 140 Å². The third-order valence-electron chi connectivity index (χ3n) is 4.36. The SMILES string of the molecule is Cc1nc(CN2CCC[C@@H](c3nc(-c4ccccc4)n[nH]3)C2)no1. The van der Waals surface area contributed by atoms with E-state index >= 15 is 0 Å². The molecule has 2 aromatic heterocycles. The monoisotopic (exact) mass is 324 g/mol. The Bertz CT molecular complexity index is 796. The number of likely N-dealkylation sites (tertiary alicyclic amines) is 1. The van der Waals surface area contributed by atoms with Crippen molar-refractivity contribution in [2.24, 2.45) is 0 Å². The van der Waals surface area contributed by atoms with Crippen LogP contribution in [-0.4, -0.2) is 43.3 Å². The molecule has 1 fully saturated rings. The molecule has 0 aliphatic carbocycles. The topological polar surface area (TPSA) is 83.7 Å². The third-order valence-corrected chi connectivity index (χ3v) is 4.36. The molecule has 24 heavy (non-hydrogen) atoms. The minimum absolute atomic E-state index is 0.358. The van der Waals surface area contributed by atoms with Gasteiger partial charge < -0.3 is 4.52 Å². The normalized spacial score (nSPS) is 18.8. The molecule has 1 aliphatic heterocycles. The van der Waals surface area contributed by atoms with Gasteiger partial charge in [0.05, 0.1) is 6.54 Å². The number of benzene rings is 1. The number of piperidine rings is 1. The van der Waals surface area contributed by atoms with Crippen molar-refractivity contribution >= 4 is 0 Å². The predicted octanol–water partition coefficient (Wildman–Crippen LogP) is 2.54. The van der Waals surface area contributed by atoms with Crippen molar-refractivity contribution in [3.05, 3.63) is 47.9 Å². The number of nitrogens with zero attached hydrogens (tertiary/aromatic N) is 5. The largest absolute Gasteiger partial charge is 0.340 e. The van der Waals surface area contributed by atoms with Gasteiger partial charge in [-0.2, -0.15) is 10.1 Å². The van der Waals surface area contributed by atoms with Gasteiger partial charge >= 0.3 is 0 Å². The summed E-state index contributed by atoms with van der Waals surface area (Å²) >= 11 is 0. The summed E-state index contributed by atoms with van der Waals surface area (Å²) in [5, 5.41) is 11.5. The van der Waals surface area contributed by atoms with E-state index in [9.17, 15) is 0 Å². The van der Waals surface area contributed by atoms with E-state index in [1.54, 1.807) is 0 Å². The molecule has 0 unspecified atom stereocenters. The highest BCUT2D eigenvalue weighted by atomic mass is 16.5. The maximum Gasteiger partial charge on any atom is 0.223 e. The molecule has 1 aromatic carbocycles. The summed E-state index contributed by atoms with van der Waals surface area (Å²) in [4.78, 5) is 11.3. The van der Waals surface area contributed by atoms with Crippen LogP contribution in [0.1, 0.15) is 36.3 Å². The Kier molecular flexibility index (Phi) is 4.08. The summed E-state index contributed by atoms with van der Waals surface area (Å²) in [6.07, 6.45) is 2.24. The van der Waals surface area contributed by atoms with Gasteiger partial charge in [0, 0.05) is 24.9 Å². The smallest absolute Gasteiger partial charge is 0.223 e. The quantitative estimate of drug-likeness (QED) is 0.794. The first-order chi connectivity index (χ1) is 11.8. The van der Waals surface area contributed by atoms with Crippen LogP contribution >= 0.6 is 0 Å². The van der Waals surface area contributed by atoms with Crippen LogP contribution in [0.3, 0.4) is 0 Å². The average Bonchev–Trinajstić information content (AvgIpc) is 3.25. The number of rotatable bonds is 4. The zero-order valence-corrected chi connectivity index (χ0v) is 13.6. The van der Waals surface area contributed by atoms with Gasteiger partial charge in [0.15, 0.2) is 11.6 Å². The second-order valence-electron chi connectivity index (χ2n) is 6.21. The van der Waals surface area contributed by atoms with Gasteiger partial charge in [-0.1, -0.05) is 35.5 Å². The van der Waals surface area contributed by atoms with Gasteiger partial charge in [-0.3, -0.25) is 10.00 Å². The van der Waals surface area contributed by atoms with Crippen molar-refractivity contribution < 1.29 is 4.52 Å². The molecule has 1 atom stereocenters. The minimum Gasteiger partial charge on any atom is -0.340 e. The van der Waals surface area contributed by atoms with Crippen molar-refractivity contribution in [2.75, 3.05) is 13.1 Å². The second kappa shape index (κ2) is 6.52. The molecule has 7 heteroatoms. The van der Waals surface area contributed by atoms with Crippen LogP contribution in [-0.2, 0) is 6.54 Å². The molecule has 3 aromatic rings. The first-order valence-corrected chi connectivity index (χ1v) is 8.27. The number of aromatic nitrogens is 5. The van der Waals surface area contributed by atoms with E-state index in [-0.39, 0.29) is 0 Å². The maximum absolute atomic E-state index is 5.05. The number of hydrogen-bond donors (Lipinski definition) is 1. The molecule has 7 nitrogen and oxygen atoms in total. The van der Waals surface area contributed by atoms with Gasteiger partial charge in [-0.25, -0.2) is 4.98 Å². The Balaban J connectivity index is 1.45. The van der Waals surface area contributed by atoms with E-state index in [2.05, 4.69) is 25.2 Å². The molecule has 3 heterocycles. The van der Waals surface area contributed by atoms with Crippen LogP contribution in [0, 0.1) is 6.92 Å². The number of hydrogen-bond acceptors (Lipinski definition) is 6. The van der Waals surface area contributed by atoms with E-state index in [0.717, 1.165) is 49.0 Å². The molecule has 1 aliphatic rings. The highest BCUT2D eigenvalue weighted by Crippen LogP contribution is 2.26. The summed E-state index contributed by atoms with van der Waals surface area (Å²) in [6, 6.07) is 10.0. The van der Waals surface area contributed by atoms with Gasteiger partial charge in [0.25, 0.3) is 0 Å². The lowest BCUT2D eigenvalue weighted by molar-refractivity contribution is 0.190. The van der Waals surface area contributed by atoms with Crippen molar-refractivity contribution in [2.45, 2.75) is 32.2 Å². The van der Waals surface area contributed by atoms with Crippen LogP contribution in [0.2, 0.25) is 0 Å². The first-order valence-electron chi connectivity index (χ1n) is 8.27. The van der Waals surface area contributed by atoms with E-state index in [1.807, 2.05) is 37.3 Å². The van der Waals surface area contributed by atoms with Gasteiger partial charge in [-0.15, -0.1) is 0 Å². The Hall–Kier alpha value is -2.54. The first kappa shape index (κ1) is 15.0. The summed E-state index contributed by atoms with van der Waals surface area (Å²) < 4.78 is 5.05. The molecular weight excluding hydrogens is 304 g/mol. The fraction of sp³-hybridized carbons (Fsp3) is 0.412. The van der Waals surface area contributed by atoms with Crippen LogP contribution in [0.25, 0.3) is 11.4 Å².